The summed E-state index contributed by atoms with van der Waals surface area (Å²) in [7, 11) is 4.02. The van der Waals surface area contributed by atoms with E-state index >= 15 is 0 Å². The summed E-state index contributed by atoms with van der Waals surface area (Å²) >= 11 is 7.91. The number of likely N-dealkylation sites (tertiary alicyclic amines) is 1. The second-order valence-electron chi connectivity index (χ2n) is 8.15. The van der Waals surface area contributed by atoms with E-state index in [1.165, 1.54) is 11.9 Å². The molecule has 10 heteroatoms. The molecule has 1 saturated heterocycles. The van der Waals surface area contributed by atoms with Crippen molar-refractivity contribution in [2.75, 3.05) is 44.4 Å². The Morgan fingerprint density at radius 1 is 1.11 bits per heavy atom. The number of nitrogens with one attached hydrogen (secondary N) is 3. The van der Waals surface area contributed by atoms with E-state index in [-0.39, 0.29) is 6.10 Å². The van der Waals surface area contributed by atoms with Crippen LogP contribution in [0.5, 0.6) is 11.5 Å². The maximum Gasteiger partial charge on any atom is 0.229 e. The average molecular weight is 515 g/mol. The lowest BCUT2D eigenvalue weighted by atomic mass is 10.1. The Hall–Kier alpha value is -2.72. The normalized spacial score (nSPS) is 14.5. The van der Waals surface area contributed by atoms with E-state index in [4.69, 9.17) is 21.1 Å². The molecule has 0 saturated carbocycles. The highest BCUT2D eigenvalue weighted by atomic mass is 35.5. The van der Waals surface area contributed by atoms with Crippen LogP contribution in [0.1, 0.15) is 19.8 Å². The molecule has 3 N–H and O–H groups in total. The highest BCUT2D eigenvalue weighted by Crippen LogP contribution is 2.34. The van der Waals surface area contributed by atoms with Gasteiger partial charge < -0.3 is 25.0 Å². The van der Waals surface area contributed by atoms with Crippen LogP contribution in [0.25, 0.3) is 0 Å². The third kappa shape index (κ3) is 6.91. The zero-order valence-electron chi connectivity index (χ0n) is 20.2. The van der Waals surface area contributed by atoms with E-state index in [1.807, 2.05) is 56.4 Å². The van der Waals surface area contributed by atoms with Crippen LogP contribution in [-0.4, -0.2) is 54.8 Å². The van der Waals surface area contributed by atoms with Gasteiger partial charge >= 0.3 is 0 Å². The molecule has 3 aromatic rings. The standard InChI is InChI=1S/C25H31ClN6O2S/c1-4-33-22-15-18(34-17-11-13-32(3)14-12-17)9-10-20(22)30-25-28-16-19(26)24(31-25)29-21-7-5-6-8-23(21)35-27-2/h5-10,15-17,27H,4,11-14H2,1-3H3,(H2,28,29,30,31). The van der Waals surface area contributed by atoms with E-state index in [0.29, 0.717) is 29.1 Å². The summed E-state index contributed by atoms with van der Waals surface area (Å²) < 4.78 is 15.2. The molecular formula is C25H31ClN6O2S. The van der Waals surface area contributed by atoms with Crippen molar-refractivity contribution in [1.29, 1.82) is 0 Å². The van der Waals surface area contributed by atoms with Crippen molar-refractivity contribution in [2.24, 2.45) is 0 Å². The Morgan fingerprint density at radius 2 is 1.91 bits per heavy atom. The number of rotatable bonds is 10. The van der Waals surface area contributed by atoms with Crippen LogP contribution < -0.4 is 24.8 Å². The van der Waals surface area contributed by atoms with Crippen molar-refractivity contribution in [1.82, 2.24) is 19.6 Å². The number of benzene rings is 2. The van der Waals surface area contributed by atoms with Gasteiger partial charge in [-0.2, -0.15) is 4.98 Å². The van der Waals surface area contributed by atoms with Gasteiger partial charge in [-0.15, -0.1) is 0 Å². The molecule has 4 rings (SSSR count). The van der Waals surface area contributed by atoms with Gasteiger partial charge in [0.15, 0.2) is 5.82 Å². The third-order valence-electron chi connectivity index (χ3n) is 5.56. The molecule has 1 aliphatic rings. The van der Waals surface area contributed by atoms with Gasteiger partial charge in [0.05, 0.1) is 24.2 Å². The molecule has 8 nitrogen and oxygen atoms in total. The molecule has 0 atom stereocenters. The van der Waals surface area contributed by atoms with E-state index in [1.54, 1.807) is 6.20 Å². The summed E-state index contributed by atoms with van der Waals surface area (Å²) in [6.45, 7) is 4.58. The predicted octanol–water partition coefficient (Wildman–Crippen LogP) is 5.72. The predicted molar refractivity (Wildman–Crippen MR) is 144 cm³/mol. The van der Waals surface area contributed by atoms with E-state index < -0.39 is 0 Å². The summed E-state index contributed by atoms with van der Waals surface area (Å²) in [6, 6.07) is 13.7. The highest BCUT2D eigenvalue weighted by Gasteiger charge is 2.19. The number of halogens is 1. The first kappa shape index (κ1) is 25.4. The second-order valence-corrected chi connectivity index (χ2v) is 9.61. The van der Waals surface area contributed by atoms with Gasteiger partial charge in [0.2, 0.25) is 5.95 Å². The molecule has 0 unspecified atom stereocenters. The van der Waals surface area contributed by atoms with Gasteiger partial charge in [0, 0.05) is 24.1 Å². The molecule has 1 aliphatic heterocycles. The molecular weight excluding hydrogens is 484 g/mol. The van der Waals surface area contributed by atoms with Crippen LogP contribution in [0.15, 0.2) is 53.6 Å². The fourth-order valence-corrected chi connectivity index (χ4v) is 4.52. The van der Waals surface area contributed by atoms with E-state index in [0.717, 1.165) is 48.0 Å². The van der Waals surface area contributed by atoms with Crippen molar-refractivity contribution >= 4 is 46.7 Å². The van der Waals surface area contributed by atoms with Crippen molar-refractivity contribution in [2.45, 2.75) is 30.8 Å². The minimum Gasteiger partial charge on any atom is -0.492 e. The third-order valence-corrected chi connectivity index (χ3v) is 6.62. The largest absolute Gasteiger partial charge is 0.492 e. The Morgan fingerprint density at radius 3 is 2.69 bits per heavy atom. The van der Waals surface area contributed by atoms with Gasteiger partial charge in [-0.1, -0.05) is 23.7 Å². The maximum absolute atomic E-state index is 6.40. The SMILES string of the molecule is CCOc1cc(OC2CCN(C)CC2)ccc1Nc1ncc(Cl)c(Nc2ccccc2SNC)n1. The Labute approximate surface area is 215 Å². The van der Waals surface area contributed by atoms with Crippen LogP contribution in [0, 0.1) is 0 Å². The molecule has 2 aromatic carbocycles. The summed E-state index contributed by atoms with van der Waals surface area (Å²) in [5.74, 6) is 2.39. The number of piperidine rings is 1. The number of nitrogens with zero attached hydrogens (tertiary/aromatic N) is 3. The number of hydrogen-bond acceptors (Lipinski definition) is 9. The fourth-order valence-electron chi connectivity index (χ4n) is 3.78. The fraction of sp³-hybridized carbons (Fsp3) is 0.360. The molecule has 0 amide bonds. The molecule has 0 aliphatic carbocycles. The first-order valence-electron chi connectivity index (χ1n) is 11.7. The molecule has 1 fully saturated rings. The minimum absolute atomic E-state index is 0.219. The molecule has 1 aromatic heterocycles. The van der Waals surface area contributed by atoms with Gasteiger partial charge in [-0.05, 0) is 70.1 Å². The van der Waals surface area contributed by atoms with Gasteiger partial charge in [-0.25, -0.2) is 4.98 Å². The topological polar surface area (TPSA) is 83.6 Å². The van der Waals surface area contributed by atoms with Crippen molar-refractivity contribution in [3.63, 3.8) is 0 Å². The highest BCUT2D eigenvalue weighted by molar-refractivity contribution is 7.97. The van der Waals surface area contributed by atoms with Crippen molar-refractivity contribution in [3.8, 4) is 11.5 Å². The van der Waals surface area contributed by atoms with E-state index in [2.05, 4.69) is 37.3 Å². The Bertz CT molecular complexity index is 1130. The smallest absolute Gasteiger partial charge is 0.229 e. The second kappa shape index (κ2) is 12.3. The lowest BCUT2D eigenvalue weighted by Crippen LogP contribution is -2.35. The van der Waals surface area contributed by atoms with Crippen molar-refractivity contribution < 1.29 is 9.47 Å². The van der Waals surface area contributed by atoms with Crippen LogP contribution >= 0.6 is 23.5 Å². The Kier molecular flexibility index (Phi) is 8.92. The molecule has 2 heterocycles. The zero-order valence-corrected chi connectivity index (χ0v) is 21.7. The van der Waals surface area contributed by atoms with Gasteiger partial charge in [0.1, 0.15) is 22.6 Å². The average Bonchev–Trinajstić information content (AvgIpc) is 2.86. The van der Waals surface area contributed by atoms with Crippen LogP contribution in [0.4, 0.5) is 23.1 Å². The first-order valence-corrected chi connectivity index (χ1v) is 12.9. The number of para-hydroxylation sites is 1. The van der Waals surface area contributed by atoms with Crippen LogP contribution in [0.2, 0.25) is 5.02 Å². The lowest BCUT2D eigenvalue weighted by Gasteiger charge is -2.29. The lowest BCUT2D eigenvalue weighted by molar-refractivity contribution is 0.114. The molecule has 35 heavy (non-hydrogen) atoms. The molecule has 0 bridgehead atoms. The Balaban J connectivity index is 1.51. The van der Waals surface area contributed by atoms with Crippen LogP contribution in [0.3, 0.4) is 0 Å². The summed E-state index contributed by atoms with van der Waals surface area (Å²) in [6.07, 6.45) is 3.83. The quantitative estimate of drug-likeness (QED) is 0.294. The summed E-state index contributed by atoms with van der Waals surface area (Å²) in [5, 5.41) is 7.00. The monoisotopic (exact) mass is 514 g/mol. The summed E-state index contributed by atoms with van der Waals surface area (Å²) in [5.41, 5.74) is 1.64. The number of anilines is 4. The van der Waals surface area contributed by atoms with Gasteiger partial charge in [-0.3, -0.25) is 4.72 Å². The maximum atomic E-state index is 6.40. The minimum atomic E-state index is 0.219. The molecule has 0 spiro atoms. The summed E-state index contributed by atoms with van der Waals surface area (Å²) in [4.78, 5) is 12.3. The number of ether oxygens (including phenoxy) is 2. The molecule has 0 radical (unpaired) electrons. The number of hydrogen-bond donors (Lipinski definition) is 3. The number of aromatic nitrogens is 2. The van der Waals surface area contributed by atoms with E-state index in [9.17, 15) is 0 Å². The molecule has 186 valence electrons. The van der Waals surface area contributed by atoms with Gasteiger partial charge in [0.25, 0.3) is 0 Å². The zero-order chi connectivity index (χ0) is 24.6. The first-order chi connectivity index (χ1) is 17.1. The van der Waals surface area contributed by atoms with Crippen LogP contribution in [-0.2, 0) is 0 Å². The van der Waals surface area contributed by atoms with Crippen molar-refractivity contribution in [3.05, 3.63) is 53.7 Å².